The molecule has 0 bridgehead atoms. The number of rotatable bonds is 5. The van der Waals surface area contributed by atoms with Crippen molar-refractivity contribution in [2.75, 3.05) is 6.54 Å². The second-order valence-electron chi connectivity index (χ2n) is 5.61. The molecule has 0 saturated carbocycles. The highest BCUT2D eigenvalue weighted by Crippen LogP contribution is 2.22. The maximum atomic E-state index is 12.1. The van der Waals surface area contributed by atoms with Crippen molar-refractivity contribution in [3.05, 3.63) is 48.0 Å². The zero-order chi connectivity index (χ0) is 13.8. The molecule has 1 rings (SSSR count). The standard InChI is InChI=1S/C16H23NO/c1-6-11-17-12(2)15(18)13-7-9-14(10-8-13)16(3,4)5/h6-10,12,17H,1,11H2,2-5H3. The number of benzene rings is 1. The minimum atomic E-state index is -0.177. The van der Waals surface area contributed by atoms with Gasteiger partial charge in [-0.2, -0.15) is 0 Å². The van der Waals surface area contributed by atoms with Gasteiger partial charge in [-0.25, -0.2) is 0 Å². The molecule has 0 spiro atoms. The first kappa shape index (κ1) is 14.7. The summed E-state index contributed by atoms with van der Waals surface area (Å²) in [5.74, 6) is 0.123. The zero-order valence-corrected chi connectivity index (χ0v) is 11.8. The van der Waals surface area contributed by atoms with Crippen molar-refractivity contribution in [1.29, 1.82) is 0 Å². The Morgan fingerprint density at radius 2 is 1.89 bits per heavy atom. The van der Waals surface area contributed by atoms with Crippen molar-refractivity contribution < 1.29 is 4.79 Å². The summed E-state index contributed by atoms with van der Waals surface area (Å²) >= 11 is 0. The number of carbonyl (C=O) groups excluding carboxylic acids is 1. The van der Waals surface area contributed by atoms with Gasteiger partial charge in [-0.3, -0.25) is 4.79 Å². The van der Waals surface area contributed by atoms with Gasteiger partial charge >= 0.3 is 0 Å². The molecule has 0 aliphatic rings. The van der Waals surface area contributed by atoms with Crippen LogP contribution in [0.3, 0.4) is 0 Å². The molecule has 98 valence electrons. The van der Waals surface area contributed by atoms with Crippen LogP contribution in [0.5, 0.6) is 0 Å². The lowest BCUT2D eigenvalue weighted by atomic mass is 9.86. The molecule has 1 unspecified atom stereocenters. The third kappa shape index (κ3) is 3.81. The summed E-state index contributed by atoms with van der Waals surface area (Å²) in [4.78, 5) is 12.1. The molecule has 0 heterocycles. The minimum absolute atomic E-state index is 0.119. The number of Topliss-reactive ketones (excluding diaryl/α,β-unsaturated/α-hetero) is 1. The van der Waals surface area contributed by atoms with E-state index in [2.05, 4.69) is 32.7 Å². The van der Waals surface area contributed by atoms with Gasteiger partial charge < -0.3 is 5.32 Å². The molecule has 18 heavy (non-hydrogen) atoms. The van der Waals surface area contributed by atoms with E-state index in [1.165, 1.54) is 5.56 Å². The van der Waals surface area contributed by atoms with E-state index in [1.54, 1.807) is 6.08 Å². The Morgan fingerprint density at radius 1 is 1.33 bits per heavy atom. The fraction of sp³-hybridized carbons (Fsp3) is 0.438. The van der Waals surface area contributed by atoms with Crippen LogP contribution in [-0.2, 0) is 5.41 Å². The molecule has 0 aromatic heterocycles. The molecule has 1 atom stereocenters. The maximum absolute atomic E-state index is 12.1. The Morgan fingerprint density at radius 3 is 2.33 bits per heavy atom. The van der Waals surface area contributed by atoms with Crippen LogP contribution < -0.4 is 5.32 Å². The van der Waals surface area contributed by atoms with Gasteiger partial charge in [0.25, 0.3) is 0 Å². The first-order valence-corrected chi connectivity index (χ1v) is 6.35. The van der Waals surface area contributed by atoms with Crippen LogP contribution in [0.2, 0.25) is 0 Å². The SMILES string of the molecule is C=CCNC(C)C(=O)c1ccc(C(C)(C)C)cc1. The van der Waals surface area contributed by atoms with Crippen LogP contribution >= 0.6 is 0 Å². The summed E-state index contributed by atoms with van der Waals surface area (Å²) in [6, 6.07) is 7.72. The highest BCUT2D eigenvalue weighted by molar-refractivity contribution is 5.99. The van der Waals surface area contributed by atoms with Gasteiger partial charge in [-0.15, -0.1) is 6.58 Å². The summed E-state index contributed by atoms with van der Waals surface area (Å²) < 4.78 is 0. The lowest BCUT2D eigenvalue weighted by Gasteiger charge is -2.19. The fourth-order valence-corrected chi connectivity index (χ4v) is 1.74. The molecule has 1 aromatic carbocycles. The molecule has 1 N–H and O–H groups in total. The second kappa shape index (κ2) is 5.96. The van der Waals surface area contributed by atoms with Crippen LogP contribution in [0, 0.1) is 0 Å². The van der Waals surface area contributed by atoms with Gasteiger partial charge in [0.1, 0.15) is 0 Å². The highest BCUT2D eigenvalue weighted by Gasteiger charge is 2.16. The molecule has 0 aliphatic heterocycles. The van der Waals surface area contributed by atoms with Crippen LogP contribution in [-0.4, -0.2) is 18.4 Å². The second-order valence-corrected chi connectivity index (χ2v) is 5.61. The summed E-state index contributed by atoms with van der Waals surface area (Å²) in [7, 11) is 0. The molecule has 0 amide bonds. The Kier molecular flexibility index (Phi) is 4.85. The number of ketones is 1. The van der Waals surface area contributed by atoms with E-state index in [4.69, 9.17) is 0 Å². The van der Waals surface area contributed by atoms with E-state index >= 15 is 0 Å². The number of carbonyl (C=O) groups is 1. The summed E-state index contributed by atoms with van der Waals surface area (Å²) in [6.45, 7) is 12.6. The van der Waals surface area contributed by atoms with Gasteiger partial charge in [0.15, 0.2) is 5.78 Å². The molecule has 2 heteroatoms. The van der Waals surface area contributed by atoms with Gasteiger partial charge in [0.2, 0.25) is 0 Å². The molecule has 0 aliphatic carbocycles. The predicted molar refractivity (Wildman–Crippen MR) is 77.1 cm³/mol. The van der Waals surface area contributed by atoms with Gasteiger partial charge in [-0.05, 0) is 17.9 Å². The number of hydrogen-bond donors (Lipinski definition) is 1. The minimum Gasteiger partial charge on any atom is -0.304 e. The molecule has 0 radical (unpaired) electrons. The molecule has 0 saturated heterocycles. The smallest absolute Gasteiger partial charge is 0.179 e. The molecule has 2 nitrogen and oxygen atoms in total. The Hall–Kier alpha value is -1.41. The molecular formula is C16H23NO. The number of nitrogens with one attached hydrogen (secondary N) is 1. The highest BCUT2D eigenvalue weighted by atomic mass is 16.1. The molecular weight excluding hydrogens is 222 g/mol. The lowest BCUT2D eigenvalue weighted by molar-refractivity contribution is 0.0953. The Labute approximate surface area is 110 Å². The van der Waals surface area contributed by atoms with Crippen molar-refractivity contribution in [3.8, 4) is 0 Å². The van der Waals surface area contributed by atoms with E-state index in [0.717, 1.165) is 5.56 Å². The normalized spacial score (nSPS) is 13.1. The van der Waals surface area contributed by atoms with Crippen molar-refractivity contribution >= 4 is 5.78 Å². The van der Waals surface area contributed by atoms with E-state index in [9.17, 15) is 4.79 Å². The van der Waals surface area contributed by atoms with Crippen molar-refractivity contribution in [2.24, 2.45) is 0 Å². The van der Waals surface area contributed by atoms with Crippen molar-refractivity contribution in [3.63, 3.8) is 0 Å². The summed E-state index contributed by atoms with van der Waals surface area (Å²) in [5, 5.41) is 3.11. The van der Waals surface area contributed by atoms with Crippen molar-refractivity contribution in [1.82, 2.24) is 5.32 Å². The topological polar surface area (TPSA) is 29.1 Å². The lowest BCUT2D eigenvalue weighted by Crippen LogP contribution is -2.34. The number of hydrogen-bond acceptors (Lipinski definition) is 2. The van der Waals surface area contributed by atoms with Crippen LogP contribution in [0.25, 0.3) is 0 Å². The Balaban J connectivity index is 2.79. The third-order valence-corrected chi connectivity index (χ3v) is 3.00. The van der Waals surface area contributed by atoms with E-state index in [0.29, 0.717) is 6.54 Å². The molecule has 0 fully saturated rings. The average molecular weight is 245 g/mol. The van der Waals surface area contributed by atoms with Crippen LogP contribution in [0.15, 0.2) is 36.9 Å². The summed E-state index contributed by atoms with van der Waals surface area (Å²) in [6.07, 6.45) is 1.76. The van der Waals surface area contributed by atoms with Gasteiger partial charge in [0, 0.05) is 12.1 Å². The monoisotopic (exact) mass is 245 g/mol. The predicted octanol–water partition coefficient (Wildman–Crippen LogP) is 3.33. The Bertz CT molecular complexity index is 412. The van der Waals surface area contributed by atoms with E-state index in [-0.39, 0.29) is 17.2 Å². The van der Waals surface area contributed by atoms with Crippen molar-refractivity contribution in [2.45, 2.75) is 39.2 Å². The van der Waals surface area contributed by atoms with E-state index < -0.39 is 0 Å². The van der Waals surface area contributed by atoms with E-state index in [1.807, 2.05) is 31.2 Å². The fourth-order valence-electron chi connectivity index (χ4n) is 1.74. The first-order chi connectivity index (χ1) is 8.36. The largest absolute Gasteiger partial charge is 0.304 e. The van der Waals surface area contributed by atoms with Crippen LogP contribution in [0.4, 0.5) is 0 Å². The van der Waals surface area contributed by atoms with Gasteiger partial charge in [0.05, 0.1) is 6.04 Å². The zero-order valence-electron chi connectivity index (χ0n) is 11.8. The van der Waals surface area contributed by atoms with Crippen LogP contribution in [0.1, 0.15) is 43.6 Å². The maximum Gasteiger partial charge on any atom is 0.179 e. The summed E-state index contributed by atoms with van der Waals surface area (Å²) in [5.41, 5.74) is 2.12. The van der Waals surface area contributed by atoms with Gasteiger partial charge in [-0.1, -0.05) is 51.1 Å². The molecule has 1 aromatic rings. The quantitative estimate of drug-likeness (QED) is 0.637. The average Bonchev–Trinajstić information content (AvgIpc) is 2.34. The third-order valence-electron chi connectivity index (χ3n) is 3.00. The first-order valence-electron chi connectivity index (χ1n) is 6.35.